The van der Waals surface area contributed by atoms with E-state index in [-0.39, 0.29) is 0 Å². The number of carbonyl (C=O) groups excluding carboxylic acids is 1. The largest absolute Gasteiger partial charge is 0.425 e. The van der Waals surface area contributed by atoms with Gasteiger partial charge in [-0.1, -0.05) is 30.6 Å². The first kappa shape index (κ1) is 16.8. The molecule has 0 spiro atoms. The minimum Gasteiger partial charge on any atom is -0.425 e. The van der Waals surface area contributed by atoms with E-state index >= 15 is 0 Å². The lowest BCUT2D eigenvalue weighted by Crippen LogP contribution is -2.21. The zero-order valence-corrected chi connectivity index (χ0v) is 12.8. The molecule has 20 heavy (non-hydrogen) atoms. The Morgan fingerprint density at radius 3 is 2.15 bits per heavy atom. The maximum absolute atomic E-state index is 11.5. The monoisotopic (exact) mass is 294 g/mol. The first-order valence-corrected chi connectivity index (χ1v) is 8.22. The van der Waals surface area contributed by atoms with Gasteiger partial charge in [0.25, 0.3) is 10.1 Å². The van der Waals surface area contributed by atoms with Crippen LogP contribution >= 0.6 is 0 Å². The van der Waals surface area contributed by atoms with Crippen LogP contribution in [0.1, 0.15) is 16.7 Å². The SMILES string of the molecule is BCc1ccc(OC(=O)CS(=O)(=O)O)c(CB)c1CB. The molecule has 1 N–H and O–H groups in total. The normalized spacial score (nSPS) is 11.2. The number of carbonyl (C=O) groups is 1. The summed E-state index contributed by atoms with van der Waals surface area (Å²) in [5, 5.41) is 0. The van der Waals surface area contributed by atoms with E-state index in [1.165, 1.54) is 5.56 Å². The van der Waals surface area contributed by atoms with Crippen molar-refractivity contribution in [3.05, 3.63) is 28.8 Å². The lowest BCUT2D eigenvalue weighted by atomic mass is 9.80. The van der Waals surface area contributed by atoms with Gasteiger partial charge in [-0.2, -0.15) is 8.42 Å². The fraction of sp³-hybridized carbons (Fsp3) is 0.364. The molecule has 0 atom stereocenters. The Kier molecular flexibility index (Phi) is 5.89. The molecule has 0 saturated carbocycles. The van der Waals surface area contributed by atoms with Crippen LogP contribution in [0.2, 0.25) is 0 Å². The highest BCUT2D eigenvalue weighted by atomic mass is 32.2. The van der Waals surface area contributed by atoms with E-state index in [9.17, 15) is 13.2 Å². The number of hydrogen-bond donors (Lipinski definition) is 1. The minimum atomic E-state index is -4.37. The molecule has 0 aliphatic rings. The molecule has 9 heteroatoms. The van der Waals surface area contributed by atoms with Gasteiger partial charge in [-0.05, 0) is 17.2 Å². The van der Waals surface area contributed by atoms with Crippen LogP contribution in [0.3, 0.4) is 0 Å². The Hall–Kier alpha value is -1.21. The van der Waals surface area contributed by atoms with Crippen LogP contribution in [0.25, 0.3) is 0 Å². The predicted molar refractivity (Wildman–Crippen MR) is 85.2 cm³/mol. The number of hydrogen-bond acceptors (Lipinski definition) is 4. The third kappa shape index (κ3) is 4.42. The molecule has 0 amide bonds. The third-order valence-corrected chi connectivity index (χ3v) is 3.70. The second kappa shape index (κ2) is 6.99. The molecule has 0 fully saturated rings. The maximum atomic E-state index is 11.5. The first-order chi connectivity index (χ1) is 9.32. The van der Waals surface area contributed by atoms with Gasteiger partial charge in [0.15, 0.2) is 5.75 Å². The molecule has 0 heterocycles. The minimum absolute atomic E-state index is 0.371. The van der Waals surface area contributed by atoms with Crippen molar-refractivity contribution in [3.63, 3.8) is 0 Å². The Balaban J connectivity index is 3.10. The molecular weight excluding hydrogens is 277 g/mol. The van der Waals surface area contributed by atoms with Crippen LogP contribution in [0.4, 0.5) is 0 Å². The Morgan fingerprint density at radius 2 is 1.70 bits per heavy atom. The molecule has 0 saturated heterocycles. The second-order valence-corrected chi connectivity index (χ2v) is 5.89. The summed E-state index contributed by atoms with van der Waals surface area (Å²) in [5.74, 6) is -1.64. The highest BCUT2D eigenvalue weighted by molar-refractivity contribution is 7.86. The van der Waals surface area contributed by atoms with Gasteiger partial charge in [0.05, 0.1) is 0 Å². The van der Waals surface area contributed by atoms with Crippen LogP contribution in [0.15, 0.2) is 12.1 Å². The molecule has 0 aliphatic carbocycles. The molecule has 5 nitrogen and oxygen atoms in total. The fourth-order valence-electron chi connectivity index (χ4n) is 2.28. The third-order valence-electron chi connectivity index (χ3n) is 3.10. The van der Waals surface area contributed by atoms with Crippen LogP contribution in [0, 0.1) is 0 Å². The Morgan fingerprint density at radius 1 is 1.10 bits per heavy atom. The zero-order chi connectivity index (χ0) is 15.3. The quantitative estimate of drug-likeness (QED) is 0.281. The van der Waals surface area contributed by atoms with Gasteiger partial charge in [-0.3, -0.25) is 9.35 Å². The van der Waals surface area contributed by atoms with Gasteiger partial charge in [-0.25, -0.2) is 0 Å². The lowest BCUT2D eigenvalue weighted by molar-refractivity contribution is -0.131. The molecule has 106 valence electrons. The van der Waals surface area contributed by atoms with Gasteiger partial charge >= 0.3 is 5.97 Å². The Bertz CT molecular complexity index is 600. The van der Waals surface area contributed by atoms with Crippen LogP contribution in [0.5, 0.6) is 5.75 Å². The van der Waals surface area contributed by atoms with Gasteiger partial charge < -0.3 is 4.74 Å². The zero-order valence-electron chi connectivity index (χ0n) is 12.0. The van der Waals surface area contributed by atoms with Crippen molar-refractivity contribution in [3.8, 4) is 5.75 Å². The Labute approximate surface area is 122 Å². The van der Waals surface area contributed by atoms with Crippen molar-refractivity contribution in [2.24, 2.45) is 0 Å². The van der Waals surface area contributed by atoms with E-state index in [1.807, 2.05) is 21.8 Å². The second-order valence-electron chi connectivity index (χ2n) is 4.44. The van der Waals surface area contributed by atoms with Crippen molar-refractivity contribution in [1.82, 2.24) is 0 Å². The summed E-state index contributed by atoms with van der Waals surface area (Å²) < 4.78 is 35.1. The van der Waals surface area contributed by atoms with Crippen molar-refractivity contribution in [1.29, 1.82) is 0 Å². The summed E-state index contributed by atoms with van der Waals surface area (Å²) in [4.78, 5) is 11.5. The smallest absolute Gasteiger partial charge is 0.329 e. The summed E-state index contributed by atoms with van der Waals surface area (Å²) >= 11 is 0. The standard InChI is InChI=1S/C11H17B3O5S/c12-3-7-1-2-10(9(5-14)8(7)4-13)19-11(15)6-20(16,17)18/h1-2H,3-6,12-14H2,(H,16,17,18). The van der Waals surface area contributed by atoms with Crippen molar-refractivity contribution in [2.75, 3.05) is 5.75 Å². The molecule has 0 radical (unpaired) electrons. The maximum Gasteiger partial charge on any atom is 0.329 e. The van der Waals surface area contributed by atoms with Gasteiger partial charge in [0, 0.05) is 0 Å². The molecule has 0 bridgehead atoms. The molecule has 1 aromatic carbocycles. The predicted octanol–water partition coefficient (Wildman–Crippen LogP) is -2.12. The fourth-order valence-corrected chi connectivity index (χ4v) is 2.63. The molecule has 0 unspecified atom stereocenters. The molecular formula is C11H17B3O5S. The van der Waals surface area contributed by atoms with Gasteiger partial charge in [0.1, 0.15) is 29.3 Å². The van der Waals surface area contributed by atoms with E-state index in [0.29, 0.717) is 12.1 Å². The van der Waals surface area contributed by atoms with Crippen LogP contribution in [-0.4, -0.2) is 48.2 Å². The molecule has 0 aliphatic heterocycles. The van der Waals surface area contributed by atoms with Crippen molar-refractivity contribution < 1.29 is 22.5 Å². The van der Waals surface area contributed by atoms with E-state index in [1.54, 1.807) is 6.07 Å². The average molecular weight is 294 g/mol. The van der Waals surface area contributed by atoms with Gasteiger partial charge in [0.2, 0.25) is 0 Å². The number of esters is 1. The first-order valence-electron chi connectivity index (χ1n) is 6.61. The lowest BCUT2D eigenvalue weighted by Gasteiger charge is -2.16. The van der Waals surface area contributed by atoms with Crippen LogP contribution in [-0.2, 0) is 33.9 Å². The van der Waals surface area contributed by atoms with E-state index < -0.39 is 21.8 Å². The van der Waals surface area contributed by atoms with Crippen molar-refractivity contribution >= 4 is 39.6 Å². The molecule has 1 aromatic rings. The van der Waals surface area contributed by atoms with Gasteiger partial charge in [-0.15, -0.1) is 0 Å². The molecule has 1 rings (SSSR count). The average Bonchev–Trinajstić information content (AvgIpc) is 2.35. The number of rotatable bonds is 6. The summed E-state index contributed by atoms with van der Waals surface area (Å²) in [6, 6.07) is 3.56. The van der Waals surface area contributed by atoms with Crippen LogP contribution < -0.4 is 4.74 Å². The summed E-state index contributed by atoms with van der Waals surface area (Å²) in [7, 11) is 1.67. The summed E-state index contributed by atoms with van der Waals surface area (Å²) in [6.07, 6.45) is 2.39. The highest BCUT2D eigenvalue weighted by Crippen LogP contribution is 2.26. The van der Waals surface area contributed by atoms with Crippen molar-refractivity contribution in [2.45, 2.75) is 19.0 Å². The topological polar surface area (TPSA) is 80.7 Å². The van der Waals surface area contributed by atoms with E-state index in [2.05, 4.69) is 7.85 Å². The summed E-state index contributed by atoms with van der Waals surface area (Å²) in [5.41, 5.74) is 3.24. The molecule has 0 aromatic heterocycles. The summed E-state index contributed by atoms with van der Waals surface area (Å²) in [6.45, 7) is 0. The number of ether oxygens (including phenoxy) is 1. The van der Waals surface area contributed by atoms with E-state index in [4.69, 9.17) is 9.29 Å². The van der Waals surface area contributed by atoms with E-state index in [0.717, 1.165) is 23.8 Å². The highest BCUT2D eigenvalue weighted by Gasteiger charge is 2.18. The number of benzene rings is 1.